The number of carbonyl (C=O) groups excluding carboxylic acids is 1. The number of aryl methyl sites for hydroxylation is 1. The van der Waals surface area contributed by atoms with Crippen LogP contribution in [0, 0.1) is 0 Å². The molecule has 0 bridgehead atoms. The van der Waals surface area contributed by atoms with Crippen LogP contribution >= 0.6 is 0 Å². The van der Waals surface area contributed by atoms with Crippen molar-refractivity contribution >= 4 is 23.7 Å². The third-order valence-electron chi connectivity index (χ3n) is 8.72. The molecule has 2 amide bonds. The van der Waals surface area contributed by atoms with Gasteiger partial charge in [0.1, 0.15) is 42.7 Å². The van der Waals surface area contributed by atoms with E-state index in [0.717, 1.165) is 41.7 Å². The van der Waals surface area contributed by atoms with Crippen molar-refractivity contribution in [3.8, 4) is 0 Å². The minimum absolute atomic E-state index is 0.234. The van der Waals surface area contributed by atoms with Gasteiger partial charge in [-0.05, 0) is 30.5 Å². The molecule has 0 aliphatic carbocycles. The van der Waals surface area contributed by atoms with Gasteiger partial charge in [0.25, 0.3) is 5.56 Å². The van der Waals surface area contributed by atoms with E-state index >= 15 is 0 Å². The van der Waals surface area contributed by atoms with Gasteiger partial charge in [-0.25, -0.2) is 19.2 Å². The largest absolute Gasteiger partial charge is 0.490 e. The number of hydrogen-bond acceptors (Lipinski definition) is 13. The van der Waals surface area contributed by atoms with Gasteiger partial charge in [0.15, 0.2) is 18.6 Å². The zero-order valence-corrected chi connectivity index (χ0v) is 29.5. The second-order valence-corrected chi connectivity index (χ2v) is 12.8. The number of nitrogens with two attached hydrogens (primary N) is 1. The number of rotatable bonds is 16. The first-order valence-electron chi connectivity index (χ1n) is 17.3. The van der Waals surface area contributed by atoms with Crippen LogP contribution < -0.4 is 27.6 Å². The maximum Gasteiger partial charge on any atom is 0.490 e. The number of ether oxygens (including phenoxy) is 3. The Labute approximate surface area is 310 Å². The number of aliphatic carboxylic acids is 2. The fraction of sp³-hybridized carbons (Fsp3) is 0.606. The minimum Gasteiger partial charge on any atom is -0.480 e. The lowest BCUT2D eigenvalue weighted by atomic mass is 9.99. The summed E-state index contributed by atoms with van der Waals surface area (Å²) in [4.78, 5) is 60.5. The Morgan fingerprint density at radius 1 is 0.927 bits per heavy atom. The number of aliphatic hydroxyl groups is 4. The van der Waals surface area contributed by atoms with Gasteiger partial charge in [-0.1, -0.05) is 51.2 Å². The number of aromatic nitrogens is 2. The number of aromatic amines is 1. The minimum atomic E-state index is -5.08. The van der Waals surface area contributed by atoms with Crippen molar-refractivity contribution in [2.45, 2.75) is 119 Å². The molecule has 2 saturated heterocycles. The van der Waals surface area contributed by atoms with E-state index in [2.05, 4.69) is 17.6 Å². The summed E-state index contributed by atoms with van der Waals surface area (Å²) >= 11 is 0. The van der Waals surface area contributed by atoms with E-state index in [1.165, 1.54) is 25.7 Å². The van der Waals surface area contributed by atoms with Crippen molar-refractivity contribution in [3.05, 3.63) is 62.9 Å². The first-order valence-corrected chi connectivity index (χ1v) is 17.3. The number of benzene rings is 1. The number of nitrogens with zero attached hydrogens (tertiary/aromatic N) is 1. The number of nitrogens with one attached hydrogen (secondary N) is 3. The van der Waals surface area contributed by atoms with Crippen molar-refractivity contribution in [2.24, 2.45) is 5.73 Å². The van der Waals surface area contributed by atoms with Gasteiger partial charge in [-0.3, -0.25) is 14.3 Å². The van der Waals surface area contributed by atoms with Crippen LogP contribution in [-0.4, -0.2) is 126 Å². The highest BCUT2D eigenvalue weighted by Crippen LogP contribution is 2.34. The molecule has 11 N–H and O–H groups in total. The maximum absolute atomic E-state index is 13.1. The van der Waals surface area contributed by atoms with E-state index in [4.69, 9.17) is 29.8 Å². The SMILES string of the molecule is CCCCCCCCc1ccc(NC(=O)N[C@H](C(=O)O)[C@H](O[C@@H]2O[C@H](CN)[C@@H](O)[C@H]2O)[C@@H]2O[C@@H](n3ccc(=O)[nH]c3=O)[C@H](O)[C@@H]2O)cc1.O=C(O)C(F)(F)F. The number of unbranched alkanes of at least 4 members (excludes halogenated alkanes) is 5. The van der Waals surface area contributed by atoms with Crippen molar-refractivity contribution < 1.29 is 72.4 Å². The van der Waals surface area contributed by atoms with Crippen LogP contribution in [0.4, 0.5) is 23.7 Å². The summed E-state index contributed by atoms with van der Waals surface area (Å²) in [5.41, 5.74) is 5.28. The number of carbonyl (C=O) groups is 3. The summed E-state index contributed by atoms with van der Waals surface area (Å²) in [5.74, 6) is -4.42. The zero-order chi connectivity index (χ0) is 41.0. The predicted molar refractivity (Wildman–Crippen MR) is 183 cm³/mol. The molecule has 0 saturated carbocycles. The fourth-order valence-corrected chi connectivity index (χ4v) is 5.79. The molecule has 1 aromatic heterocycles. The summed E-state index contributed by atoms with van der Waals surface area (Å²) in [6.07, 6.45) is -11.4. The summed E-state index contributed by atoms with van der Waals surface area (Å²) in [5, 5.41) is 64.8. The average molecular weight is 794 g/mol. The molecular weight excluding hydrogens is 747 g/mol. The highest BCUT2D eigenvalue weighted by molar-refractivity contribution is 5.92. The number of carboxylic acids is 2. The smallest absolute Gasteiger partial charge is 0.480 e. The summed E-state index contributed by atoms with van der Waals surface area (Å²) in [6.45, 7) is 1.93. The third-order valence-corrected chi connectivity index (χ3v) is 8.72. The van der Waals surface area contributed by atoms with Gasteiger partial charge < -0.3 is 61.2 Å². The number of carboxylic acid groups (broad SMARTS) is 2. The molecule has 4 rings (SSSR count). The van der Waals surface area contributed by atoms with E-state index < -0.39 is 96.7 Å². The van der Waals surface area contributed by atoms with Gasteiger partial charge in [0, 0.05) is 24.5 Å². The first kappa shape index (κ1) is 45.0. The van der Waals surface area contributed by atoms with Crippen molar-refractivity contribution in [3.63, 3.8) is 0 Å². The number of anilines is 1. The van der Waals surface area contributed by atoms with Gasteiger partial charge in [-0.2, -0.15) is 13.2 Å². The van der Waals surface area contributed by atoms with E-state index in [9.17, 15) is 57.9 Å². The van der Waals surface area contributed by atoms with E-state index in [1.807, 2.05) is 17.1 Å². The zero-order valence-electron chi connectivity index (χ0n) is 29.5. The summed E-state index contributed by atoms with van der Waals surface area (Å²) in [7, 11) is 0. The second kappa shape index (κ2) is 20.5. The van der Waals surface area contributed by atoms with Crippen LogP contribution in [0.25, 0.3) is 0 Å². The standard InChI is InChI=1S/C31H45N5O12.C2HF3O2/c1-2-3-4-5-6-7-8-16-9-11-17(12-10-16)33-30(44)35-20(28(42)43)25(48-29-24(41)21(38)18(15-32)46-29)26-22(39)23(40)27(47-26)36-14-13-19(37)34-31(36)45;3-2(4,5)1(6)7/h9-14,18,20-27,29,38-41H,2-8,15,32H2,1H3,(H,42,43)(H2,33,35,44)(H,34,37,45);(H,6,7)/t18-,20+,21-,22+,23-,24-,25+,26-,27-,29+;/m1./s1. The Hall–Kier alpha value is -4.42. The molecule has 22 heteroatoms. The fourth-order valence-electron chi connectivity index (χ4n) is 5.79. The van der Waals surface area contributed by atoms with Crippen LogP contribution in [0.5, 0.6) is 0 Å². The van der Waals surface area contributed by atoms with E-state index in [1.54, 1.807) is 12.1 Å². The van der Waals surface area contributed by atoms with Crippen molar-refractivity contribution in [1.29, 1.82) is 0 Å². The Kier molecular flexibility index (Phi) is 16.7. The number of aliphatic hydroxyl groups excluding tert-OH is 4. The van der Waals surface area contributed by atoms with Crippen LogP contribution in [0.15, 0.2) is 46.1 Å². The van der Waals surface area contributed by atoms with Crippen LogP contribution in [0.1, 0.15) is 57.2 Å². The number of halogens is 3. The lowest BCUT2D eigenvalue weighted by molar-refractivity contribution is -0.227. The highest BCUT2D eigenvalue weighted by Gasteiger charge is 2.54. The highest BCUT2D eigenvalue weighted by atomic mass is 19.4. The number of amides is 2. The Bertz CT molecular complexity index is 1680. The van der Waals surface area contributed by atoms with E-state index in [-0.39, 0.29) is 6.54 Å². The predicted octanol–water partition coefficient (Wildman–Crippen LogP) is -0.242. The Morgan fingerprint density at radius 2 is 1.55 bits per heavy atom. The first-order chi connectivity index (χ1) is 25.9. The molecule has 0 radical (unpaired) electrons. The Morgan fingerprint density at radius 3 is 2.09 bits per heavy atom. The molecule has 3 heterocycles. The number of hydrogen-bond donors (Lipinski definition) is 10. The Balaban J connectivity index is 0.00000106. The molecule has 2 aliphatic rings. The molecule has 10 atom stereocenters. The topological polar surface area (TPSA) is 305 Å². The molecular formula is C33H46F3N5O14. The number of H-pyrrole nitrogens is 1. The lowest BCUT2D eigenvalue weighted by Crippen LogP contribution is -2.59. The molecule has 1 aromatic carbocycles. The molecule has 55 heavy (non-hydrogen) atoms. The van der Waals surface area contributed by atoms with E-state index in [0.29, 0.717) is 5.69 Å². The molecule has 0 unspecified atom stereocenters. The lowest BCUT2D eigenvalue weighted by Gasteiger charge is -2.33. The van der Waals surface area contributed by atoms with Gasteiger partial charge >= 0.3 is 29.8 Å². The van der Waals surface area contributed by atoms with Crippen molar-refractivity contribution in [1.82, 2.24) is 14.9 Å². The van der Waals surface area contributed by atoms with Crippen LogP contribution in [0.2, 0.25) is 0 Å². The maximum atomic E-state index is 13.1. The molecule has 2 fully saturated rings. The molecule has 2 aromatic rings. The molecule has 0 spiro atoms. The normalized spacial score (nSPS) is 26.1. The quantitative estimate of drug-likeness (QED) is 0.0981. The average Bonchev–Trinajstić information content (AvgIpc) is 3.57. The molecule has 308 valence electrons. The molecule has 19 nitrogen and oxygen atoms in total. The van der Waals surface area contributed by atoms with Gasteiger partial charge in [0.2, 0.25) is 0 Å². The second-order valence-electron chi connectivity index (χ2n) is 12.8. The van der Waals surface area contributed by atoms with Gasteiger partial charge in [-0.15, -0.1) is 0 Å². The van der Waals surface area contributed by atoms with Crippen LogP contribution in [0.3, 0.4) is 0 Å². The molecule has 2 aliphatic heterocycles. The van der Waals surface area contributed by atoms with Crippen molar-refractivity contribution in [2.75, 3.05) is 11.9 Å². The number of urea groups is 1. The van der Waals surface area contributed by atoms with Gasteiger partial charge in [0.05, 0.1) is 0 Å². The summed E-state index contributed by atoms with van der Waals surface area (Å²) in [6, 6.07) is 5.01. The number of alkyl halides is 3. The summed E-state index contributed by atoms with van der Waals surface area (Å²) < 4.78 is 49.5. The third kappa shape index (κ3) is 12.5. The monoisotopic (exact) mass is 793 g/mol. The van der Waals surface area contributed by atoms with Crippen LogP contribution in [-0.2, 0) is 30.2 Å².